The number of hydrogen-bond acceptors (Lipinski definition) is 7. The number of anilines is 1. The van der Waals surface area contributed by atoms with Crippen LogP contribution in [0.2, 0.25) is 0 Å². The third-order valence-corrected chi connectivity index (χ3v) is 3.72. The van der Waals surface area contributed by atoms with Crippen molar-refractivity contribution in [1.82, 2.24) is 4.98 Å². The Balaban J connectivity index is 2.10. The van der Waals surface area contributed by atoms with Crippen molar-refractivity contribution in [2.24, 2.45) is 0 Å². The number of nitrogens with zero attached hydrogens (tertiary/aromatic N) is 2. The Labute approximate surface area is 109 Å². The summed E-state index contributed by atoms with van der Waals surface area (Å²) in [6.07, 6.45) is 1.33. The van der Waals surface area contributed by atoms with Crippen molar-refractivity contribution < 1.29 is 19.4 Å². The first kappa shape index (κ1) is 13.3. The van der Waals surface area contributed by atoms with Gasteiger partial charge in [0, 0.05) is 13.1 Å². The van der Waals surface area contributed by atoms with E-state index in [-0.39, 0.29) is 24.8 Å². The lowest BCUT2D eigenvalue weighted by atomic mass is 10.2. The molecule has 0 bridgehead atoms. The average molecular weight is 272 g/mol. The minimum atomic E-state index is -0.376. The Kier molecular flexibility index (Phi) is 4.15. The van der Waals surface area contributed by atoms with Gasteiger partial charge in [-0.2, -0.15) is 0 Å². The molecule has 2 rings (SSSR count). The molecule has 100 valence electrons. The van der Waals surface area contributed by atoms with Gasteiger partial charge in [-0.25, -0.2) is 9.78 Å². The summed E-state index contributed by atoms with van der Waals surface area (Å²) in [4.78, 5) is 18.1. The van der Waals surface area contributed by atoms with Crippen LogP contribution in [0.3, 0.4) is 0 Å². The smallest absolute Gasteiger partial charge is 0.349 e. The minimum absolute atomic E-state index is 0.0178. The molecule has 2 unspecified atom stereocenters. The minimum Gasteiger partial charge on any atom is -0.465 e. The van der Waals surface area contributed by atoms with Crippen molar-refractivity contribution in [3.8, 4) is 0 Å². The van der Waals surface area contributed by atoms with Gasteiger partial charge in [0.25, 0.3) is 0 Å². The van der Waals surface area contributed by atoms with Crippen LogP contribution in [0, 0.1) is 0 Å². The summed E-state index contributed by atoms with van der Waals surface area (Å²) >= 11 is 1.29. The number of aliphatic hydroxyl groups excluding tert-OH is 1. The van der Waals surface area contributed by atoms with Gasteiger partial charge in [0.2, 0.25) is 0 Å². The summed E-state index contributed by atoms with van der Waals surface area (Å²) in [6.45, 7) is 3.21. The number of hydrogen-bond donors (Lipinski definition) is 1. The fraction of sp³-hybridized carbons (Fsp3) is 0.636. The van der Waals surface area contributed by atoms with Gasteiger partial charge in [0.05, 0.1) is 32.1 Å². The van der Waals surface area contributed by atoms with Gasteiger partial charge in [-0.15, -0.1) is 0 Å². The Morgan fingerprint density at radius 3 is 3.17 bits per heavy atom. The van der Waals surface area contributed by atoms with Crippen LogP contribution in [0.25, 0.3) is 0 Å². The van der Waals surface area contributed by atoms with Crippen LogP contribution >= 0.6 is 11.3 Å². The second-order valence-corrected chi connectivity index (χ2v) is 5.16. The molecular formula is C11H16N2O4S. The Morgan fingerprint density at radius 2 is 2.50 bits per heavy atom. The average Bonchev–Trinajstić information content (AvgIpc) is 2.86. The highest BCUT2D eigenvalue weighted by atomic mass is 32.1. The maximum Gasteiger partial charge on any atom is 0.349 e. The Bertz CT molecular complexity index is 423. The molecule has 1 aromatic heterocycles. The summed E-state index contributed by atoms with van der Waals surface area (Å²) in [5, 5.41) is 9.92. The molecule has 1 aliphatic heterocycles. The first-order valence-corrected chi connectivity index (χ1v) is 6.51. The number of aliphatic hydroxyl groups is 1. The largest absolute Gasteiger partial charge is 0.465 e. The predicted molar refractivity (Wildman–Crippen MR) is 67.1 cm³/mol. The van der Waals surface area contributed by atoms with E-state index in [1.54, 1.807) is 0 Å². The Hall–Kier alpha value is -1.18. The van der Waals surface area contributed by atoms with Gasteiger partial charge in [0.15, 0.2) is 5.13 Å². The standard InChI is InChI=1S/C11H16N2O4S/c1-7-4-13(5-8(6-14)17-7)11-12-3-9(18-11)10(15)16-2/h3,7-8,14H,4-6H2,1-2H3. The third kappa shape index (κ3) is 2.80. The number of carbonyl (C=O) groups is 1. The van der Waals surface area contributed by atoms with Crippen LogP contribution in [0.15, 0.2) is 6.20 Å². The number of thiazole rings is 1. The van der Waals surface area contributed by atoms with E-state index < -0.39 is 0 Å². The van der Waals surface area contributed by atoms with E-state index in [0.717, 1.165) is 5.13 Å². The normalized spacial score (nSPS) is 24.1. The second kappa shape index (κ2) is 5.64. The highest BCUT2D eigenvalue weighted by Gasteiger charge is 2.27. The van der Waals surface area contributed by atoms with E-state index in [9.17, 15) is 4.79 Å². The van der Waals surface area contributed by atoms with E-state index in [1.807, 2.05) is 11.8 Å². The molecule has 1 N–H and O–H groups in total. The summed E-state index contributed by atoms with van der Waals surface area (Å²) < 4.78 is 10.2. The first-order chi connectivity index (χ1) is 8.63. The first-order valence-electron chi connectivity index (χ1n) is 5.69. The molecule has 0 radical (unpaired) electrons. The molecule has 0 aliphatic carbocycles. The van der Waals surface area contributed by atoms with Crippen LogP contribution in [0.1, 0.15) is 16.6 Å². The maximum absolute atomic E-state index is 11.4. The molecule has 0 saturated carbocycles. The number of esters is 1. The molecule has 1 fully saturated rings. The molecule has 0 amide bonds. The number of aromatic nitrogens is 1. The van der Waals surface area contributed by atoms with E-state index in [2.05, 4.69) is 9.72 Å². The zero-order valence-electron chi connectivity index (χ0n) is 10.3. The summed E-state index contributed by atoms with van der Waals surface area (Å²) in [6, 6.07) is 0. The van der Waals surface area contributed by atoms with E-state index in [4.69, 9.17) is 9.84 Å². The number of rotatable bonds is 3. The lowest BCUT2D eigenvalue weighted by Crippen LogP contribution is -2.48. The van der Waals surface area contributed by atoms with Gasteiger partial charge < -0.3 is 19.5 Å². The van der Waals surface area contributed by atoms with Gasteiger partial charge in [-0.1, -0.05) is 11.3 Å². The number of ether oxygens (including phenoxy) is 2. The summed E-state index contributed by atoms with van der Waals surface area (Å²) in [5.74, 6) is -0.376. The molecule has 1 aromatic rings. The molecule has 0 spiro atoms. The Morgan fingerprint density at radius 1 is 1.72 bits per heavy atom. The second-order valence-electron chi connectivity index (χ2n) is 4.15. The zero-order chi connectivity index (χ0) is 13.1. The van der Waals surface area contributed by atoms with Crippen molar-refractivity contribution in [3.05, 3.63) is 11.1 Å². The zero-order valence-corrected chi connectivity index (χ0v) is 11.1. The van der Waals surface area contributed by atoms with Crippen molar-refractivity contribution in [2.75, 3.05) is 31.7 Å². The molecule has 6 nitrogen and oxygen atoms in total. The highest BCUT2D eigenvalue weighted by molar-refractivity contribution is 7.17. The quantitative estimate of drug-likeness (QED) is 0.809. The molecule has 2 atom stereocenters. The predicted octanol–water partition coefficient (Wildman–Crippen LogP) is 0.516. The molecule has 1 aliphatic rings. The van der Waals surface area contributed by atoms with Crippen LogP contribution in [-0.4, -0.2) is 55.1 Å². The lowest BCUT2D eigenvalue weighted by Gasteiger charge is -2.35. The number of methoxy groups -OCH3 is 1. The van der Waals surface area contributed by atoms with Gasteiger partial charge in [-0.3, -0.25) is 0 Å². The van der Waals surface area contributed by atoms with Crippen molar-refractivity contribution in [2.45, 2.75) is 19.1 Å². The number of carbonyl (C=O) groups excluding carboxylic acids is 1. The van der Waals surface area contributed by atoms with Crippen molar-refractivity contribution in [3.63, 3.8) is 0 Å². The van der Waals surface area contributed by atoms with Crippen molar-refractivity contribution in [1.29, 1.82) is 0 Å². The monoisotopic (exact) mass is 272 g/mol. The third-order valence-electron chi connectivity index (χ3n) is 2.68. The molecule has 7 heteroatoms. The van der Waals surface area contributed by atoms with Gasteiger partial charge in [0.1, 0.15) is 4.88 Å². The maximum atomic E-state index is 11.4. The highest BCUT2D eigenvalue weighted by Crippen LogP contribution is 2.26. The molecule has 18 heavy (non-hydrogen) atoms. The van der Waals surface area contributed by atoms with Crippen LogP contribution < -0.4 is 4.90 Å². The van der Waals surface area contributed by atoms with Crippen molar-refractivity contribution >= 4 is 22.4 Å². The fourth-order valence-corrected chi connectivity index (χ4v) is 2.76. The number of morpholine rings is 1. The van der Waals surface area contributed by atoms with Gasteiger partial charge in [-0.05, 0) is 6.92 Å². The van der Waals surface area contributed by atoms with E-state index in [0.29, 0.717) is 18.0 Å². The molecule has 0 aromatic carbocycles. The molecular weight excluding hydrogens is 256 g/mol. The SMILES string of the molecule is COC(=O)c1cnc(N2CC(C)OC(CO)C2)s1. The molecule has 2 heterocycles. The van der Waals surface area contributed by atoms with Crippen LogP contribution in [0.5, 0.6) is 0 Å². The summed E-state index contributed by atoms with van der Waals surface area (Å²) in [7, 11) is 1.35. The lowest BCUT2D eigenvalue weighted by molar-refractivity contribution is -0.0421. The summed E-state index contributed by atoms with van der Waals surface area (Å²) in [5.41, 5.74) is 0. The molecule has 1 saturated heterocycles. The van der Waals surface area contributed by atoms with Crippen LogP contribution in [0.4, 0.5) is 5.13 Å². The van der Waals surface area contributed by atoms with Gasteiger partial charge >= 0.3 is 5.97 Å². The topological polar surface area (TPSA) is 71.9 Å². The van der Waals surface area contributed by atoms with E-state index >= 15 is 0 Å². The van der Waals surface area contributed by atoms with E-state index in [1.165, 1.54) is 24.6 Å². The fourth-order valence-electron chi connectivity index (χ4n) is 1.91. The van der Waals surface area contributed by atoms with Crippen LogP contribution in [-0.2, 0) is 9.47 Å².